The number of benzene rings is 2. The minimum atomic E-state index is 0.925. The van der Waals surface area contributed by atoms with E-state index in [1.807, 2.05) is 0 Å². The van der Waals surface area contributed by atoms with Gasteiger partial charge in [-0.05, 0) is 117 Å². The molecule has 0 atom stereocenters. The molecular weight excluding hydrogens is 1060 g/mol. The van der Waals surface area contributed by atoms with Crippen LogP contribution in [0.4, 0.5) is 0 Å². The number of nitrogens with zero attached hydrogens (tertiary/aromatic N) is 2. The van der Waals surface area contributed by atoms with E-state index in [0.717, 1.165) is 98.3 Å². The summed E-state index contributed by atoms with van der Waals surface area (Å²) in [7, 11) is 0. The second-order valence-electron chi connectivity index (χ2n) is 24.8. The van der Waals surface area contributed by atoms with Crippen LogP contribution < -0.4 is 0 Å². The van der Waals surface area contributed by atoms with E-state index in [1.54, 1.807) is 4.70 Å². The second-order valence-corrected chi connectivity index (χ2v) is 26.4. The average molecular weight is 1190 g/mol. The molecule has 1 aliphatic rings. The first-order valence-corrected chi connectivity index (χ1v) is 38.5. The number of rotatable bonds is 52. The van der Waals surface area contributed by atoms with E-state index in [0.29, 0.717) is 0 Å². The summed E-state index contributed by atoms with van der Waals surface area (Å²) in [5.41, 5.74) is 25.4. The predicted molar refractivity (Wildman–Crippen MR) is 356 cm³/mol. The molecule has 2 aromatic rings. The van der Waals surface area contributed by atoms with E-state index in [-0.39, 0.29) is 0 Å². The molecule has 0 radical (unpaired) electrons. The van der Waals surface area contributed by atoms with Crippen LogP contribution in [0, 0.1) is 11.8 Å². The molecule has 0 unspecified atom stereocenters. The van der Waals surface area contributed by atoms with Gasteiger partial charge in [-0.25, -0.2) is 4.70 Å². The van der Waals surface area contributed by atoms with E-state index < -0.39 is 0 Å². The fourth-order valence-electron chi connectivity index (χ4n) is 12.2. The molecule has 460 valence electrons. The molecule has 0 N–H and O–H groups in total. The average Bonchev–Trinajstić information content (AvgIpc) is 3.74. The summed E-state index contributed by atoms with van der Waals surface area (Å²) in [5.74, 6) is 7.62. The summed E-state index contributed by atoms with van der Waals surface area (Å²) in [6.07, 6.45) is 66.9. The second kappa shape index (κ2) is 53.5. The third-order valence-corrected chi connectivity index (χ3v) is 17.1. The van der Waals surface area contributed by atoms with Gasteiger partial charge in [-0.15, -0.1) is 0 Å². The Kier molecular flexibility index (Phi) is 49.4. The molecule has 0 amide bonds. The normalized spacial score (nSPS) is 12.5. The molecule has 0 aliphatic carbocycles. The summed E-state index contributed by atoms with van der Waals surface area (Å²) in [6.45, 7) is 13.9. The van der Waals surface area contributed by atoms with Crippen molar-refractivity contribution in [3.8, 4) is 11.8 Å². The molecule has 0 spiro atoms. The Balaban J connectivity index is 0.00000712. The fourth-order valence-corrected chi connectivity index (χ4v) is 12.2. The number of aryl methyl sites for hydroxylation is 4. The van der Waals surface area contributed by atoms with E-state index >= 15 is 0 Å². The molecule has 3 heteroatoms. The van der Waals surface area contributed by atoms with Crippen molar-refractivity contribution in [1.82, 2.24) is 0 Å². The monoisotopic (exact) mass is 1190 g/mol. The van der Waals surface area contributed by atoms with E-state index in [2.05, 4.69) is 101 Å². The van der Waals surface area contributed by atoms with Crippen molar-refractivity contribution in [3.63, 3.8) is 0 Å². The molecule has 0 saturated carbocycles. The molecule has 80 heavy (non-hydrogen) atoms. The molecule has 1 heterocycles. The molecule has 0 bridgehead atoms. The molecule has 1 aliphatic heterocycles. The van der Waals surface area contributed by atoms with Crippen molar-refractivity contribution >= 4 is 11.4 Å². The van der Waals surface area contributed by atoms with Crippen LogP contribution >= 0.6 is 0 Å². The zero-order chi connectivity index (χ0) is 57.8. The summed E-state index contributed by atoms with van der Waals surface area (Å²) >= 11 is 0.950. The maximum absolute atomic E-state index is 13.0. The standard InChI is InChI=1S/C75H126N2.2CH3.Pd/c1-7-13-19-24-27-28-29-30-31-32-33-34-35-36-37-38-39-40-41-42-43-44-45-48-53-59-73-72(58-18-12-6)74(70-64-68(56-51-46-25-20-14-8-2)61-69(65-70)57-52-47-26-21-15-9-3)77(76)75(73)71-62-66(54-49-22-16-10-4)60-67(63-71)55-50-23-17-11-5;;;/h60-65H,7-52,54-58H2,1-6H3;2*1H3;. The minimum absolute atomic E-state index is 0.925. The zero-order valence-electron chi connectivity index (χ0n) is 54.7. The summed E-state index contributed by atoms with van der Waals surface area (Å²) < 4.78 is 1.64. The SMILES string of the molecule is CCCCCCCCCCCCCCCCCCCCCCCCCC#CC1=C(c2cc(CCCCCC)cc(CCCCCC)c2)[N+](=[N-])C(c2cc(CCCCCCCC)cc(CCCCCCCC)c2)=C1CCCC.[CH3][Pd][CH3]. The quantitative estimate of drug-likeness (QED) is 0.0273. The van der Waals surface area contributed by atoms with Gasteiger partial charge in [0.15, 0.2) is 0 Å². The first-order chi connectivity index (χ1) is 39.4. The van der Waals surface area contributed by atoms with E-state index in [9.17, 15) is 5.53 Å². The third-order valence-electron chi connectivity index (χ3n) is 17.1. The van der Waals surface area contributed by atoms with Gasteiger partial charge >= 0.3 is 28.8 Å². The molecule has 0 saturated heterocycles. The topological polar surface area (TPSA) is 25.3 Å². The molecule has 0 fully saturated rings. The Bertz CT molecular complexity index is 1860. The zero-order valence-corrected chi connectivity index (χ0v) is 56.3. The number of hydrogen-bond acceptors (Lipinski definition) is 0. The van der Waals surface area contributed by atoms with Gasteiger partial charge in [-0.1, -0.05) is 316 Å². The van der Waals surface area contributed by atoms with Crippen LogP contribution in [-0.4, -0.2) is 4.70 Å². The van der Waals surface area contributed by atoms with Gasteiger partial charge in [0.2, 0.25) is 11.4 Å². The van der Waals surface area contributed by atoms with Gasteiger partial charge in [0.05, 0.1) is 0 Å². The van der Waals surface area contributed by atoms with Gasteiger partial charge in [0.1, 0.15) is 5.57 Å². The first-order valence-electron chi connectivity index (χ1n) is 35.4. The van der Waals surface area contributed by atoms with Gasteiger partial charge < -0.3 is 5.53 Å². The summed E-state index contributed by atoms with van der Waals surface area (Å²) in [6, 6.07) is 14.8. The fraction of sp³-hybridized carbons (Fsp3) is 0.766. The van der Waals surface area contributed by atoms with E-state index in [4.69, 9.17) is 0 Å². The van der Waals surface area contributed by atoms with Crippen molar-refractivity contribution in [2.45, 2.75) is 380 Å². The van der Waals surface area contributed by atoms with Crippen LogP contribution in [-0.2, 0) is 43.7 Å². The molecule has 2 aromatic carbocycles. The molecule has 3 rings (SSSR count). The Morgan fingerprint density at radius 1 is 0.312 bits per heavy atom. The van der Waals surface area contributed by atoms with Crippen molar-refractivity contribution < 1.29 is 22.7 Å². The van der Waals surface area contributed by atoms with Crippen molar-refractivity contribution in [2.75, 3.05) is 0 Å². The van der Waals surface area contributed by atoms with Crippen LogP contribution in [0.25, 0.3) is 16.9 Å². The molecular formula is C77H132N2Pd. The maximum atomic E-state index is 13.0. The van der Waals surface area contributed by atoms with E-state index in [1.165, 1.54) is 303 Å². The Hall–Kier alpha value is -2.26. The van der Waals surface area contributed by atoms with Crippen molar-refractivity contribution in [3.05, 3.63) is 86.5 Å². The predicted octanol–water partition coefficient (Wildman–Crippen LogP) is 26.6. The van der Waals surface area contributed by atoms with Gasteiger partial charge in [0, 0.05) is 23.1 Å². The Morgan fingerprint density at radius 3 is 0.863 bits per heavy atom. The molecule has 0 aromatic heterocycles. The Labute approximate surface area is 509 Å². The first kappa shape index (κ1) is 73.8. The van der Waals surface area contributed by atoms with Crippen molar-refractivity contribution in [1.29, 1.82) is 0 Å². The Morgan fingerprint density at radius 2 is 0.562 bits per heavy atom. The van der Waals surface area contributed by atoms with Crippen LogP contribution in [0.5, 0.6) is 0 Å². The number of unbranched alkanes of at least 4 members (excludes halogenated alkanes) is 40. The van der Waals surface area contributed by atoms with Crippen LogP contribution in [0.2, 0.25) is 10.8 Å². The van der Waals surface area contributed by atoms with Gasteiger partial charge in [-0.3, -0.25) is 0 Å². The number of hydrogen-bond donors (Lipinski definition) is 0. The van der Waals surface area contributed by atoms with Crippen LogP contribution in [0.3, 0.4) is 0 Å². The van der Waals surface area contributed by atoms with Gasteiger partial charge in [0.25, 0.3) is 0 Å². The third kappa shape index (κ3) is 35.8. The van der Waals surface area contributed by atoms with Crippen LogP contribution in [0.1, 0.15) is 377 Å². The summed E-state index contributed by atoms with van der Waals surface area (Å²) in [5, 5.41) is 4.35. The molecule has 2 nitrogen and oxygen atoms in total. The van der Waals surface area contributed by atoms with Crippen molar-refractivity contribution in [2.24, 2.45) is 0 Å². The van der Waals surface area contributed by atoms with Gasteiger partial charge in [-0.2, -0.15) is 0 Å². The summed E-state index contributed by atoms with van der Waals surface area (Å²) in [4.78, 5) is 0. The number of allylic oxidation sites excluding steroid dienone is 2. The van der Waals surface area contributed by atoms with Crippen LogP contribution in [0.15, 0.2) is 47.5 Å².